The van der Waals surface area contributed by atoms with E-state index in [1.165, 1.54) is 0 Å². The number of anilines is 1. The molecule has 1 aromatic carbocycles. The minimum Gasteiger partial charge on any atom is -0.444 e. The first-order chi connectivity index (χ1) is 10.0. The highest BCUT2D eigenvalue weighted by Crippen LogP contribution is 2.15. The minimum absolute atomic E-state index is 0.249. The van der Waals surface area contributed by atoms with Gasteiger partial charge in [0, 0.05) is 18.7 Å². The molecule has 0 saturated heterocycles. The Kier molecular flexibility index (Phi) is 4.98. The monoisotopic (exact) mass is 309 g/mol. The molecule has 0 saturated carbocycles. The fourth-order valence-corrected chi connectivity index (χ4v) is 2.84. The summed E-state index contributed by atoms with van der Waals surface area (Å²) in [5.41, 5.74) is 0.807. The smallest absolute Gasteiger partial charge is 0.240 e. The molecule has 0 radical (unpaired) electrons. The number of aryl methyl sites for hydroxylation is 1. The zero-order valence-corrected chi connectivity index (χ0v) is 12.9. The van der Waals surface area contributed by atoms with Crippen molar-refractivity contribution in [3.8, 4) is 0 Å². The molecule has 2 aromatic rings. The quantitative estimate of drug-likeness (QED) is 0.818. The van der Waals surface area contributed by atoms with E-state index in [1.54, 1.807) is 37.4 Å². The van der Waals surface area contributed by atoms with E-state index in [0.29, 0.717) is 19.0 Å². The molecule has 1 heterocycles. The van der Waals surface area contributed by atoms with Gasteiger partial charge in [-0.15, -0.1) is 0 Å². The standard InChI is InChI=1S/C14H19N3O3S/c1-3-12-9-16-14(20-12)10-15-11-5-7-13(8-6-11)21(18,19)17-4-2/h5-9,15,17H,3-4,10H2,1-2H3. The molecule has 114 valence electrons. The number of aromatic nitrogens is 1. The number of nitrogens with one attached hydrogen (secondary N) is 2. The first-order valence-corrected chi connectivity index (χ1v) is 8.30. The third-order valence-corrected chi connectivity index (χ3v) is 4.45. The molecule has 0 unspecified atom stereocenters. The van der Waals surface area contributed by atoms with Gasteiger partial charge in [-0.2, -0.15) is 0 Å². The Balaban J connectivity index is 1.99. The Hall–Kier alpha value is -1.86. The van der Waals surface area contributed by atoms with Gasteiger partial charge in [0.05, 0.1) is 17.6 Å². The average Bonchev–Trinajstić information content (AvgIpc) is 2.93. The normalized spacial score (nSPS) is 11.5. The van der Waals surface area contributed by atoms with Gasteiger partial charge in [-0.3, -0.25) is 0 Å². The first-order valence-electron chi connectivity index (χ1n) is 6.82. The van der Waals surface area contributed by atoms with Crippen LogP contribution in [0.1, 0.15) is 25.5 Å². The van der Waals surface area contributed by atoms with Crippen LogP contribution in [0.5, 0.6) is 0 Å². The van der Waals surface area contributed by atoms with Gasteiger partial charge in [-0.05, 0) is 24.3 Å². The van der Waals surface area contributed by atoms with Gasteiger partial charge in [-0.1, -0.05) is 13.8 Å². The molecule has 21 heavy (non-hydrogen) atoms. The van der Waals surface area contributed by atoms with E-state index < -0.39 is 10.0 Å². The van der Waals surface area contributed by atoms with Crippen LogP contribution in [-0.4, -0.2) is 19.9 Å². The molecule has 0 fully saturated rings. The molecular formula is C14H19N3O3S. The maximum absolute atomic E-state index is 11.8. The summed E-state index contributed by atoms with van der Waals surface area (Å²) in [7, 11) is -3.40. The van der Waals surface area contributed by atoms with E-state index in [4.69, 9.17) is 4.42 Å². The number of rotatable bonds is 7. The van der Waals surface area contributed by atoms with Gasteiger partial charge in [0.25, 0.3) is 0 Å². The molecular weight excluding hydrogens is 290 g/mol. The van der Waals surface area contributed by atoms with Crippen molar-refractivity contribution in [3.05, 3.63) is 42.1 Å². The number of benzene rings is 1. The summed E-state index contributed by atoms with van der Waals surface area (Å²) in [4.78, 5) is 4.40. The second-order valence-corrected chi connectivity index (χ2v) is 6.22. The van der Waals surface area contributed by atoms with Crippen molar-refractivity contribution < 1.29 is 12.8 Å². The zero-order valence-electron chi connectivity index (χ0n) is 12.1. The first kappa shape index (κ1) is 15.5. The maximum Gasteiger partial charge on any atom is 0.240 e. The summed E-state index contributed by atoms with van der Waals surface area (Å²) in [5, 5.41) is 3.14. The molecule has 7 heteroatoms. The zero-order chi connectivity index (χ0) is 15.3. The highest BCUT2D eigenvalue weighted by Gasteiger charge is 2.11. The average molecular weight is 309 g/mol. The summed E-state index contributed by atoms with van der Waals surface area (Å²) in [6.07, 6.45) is 2.52. The van der Waals surface area contributed by atoms with Crippen LogP contribution in [0.4, 0.5) is 5.69 Å². The fourth-order valence-electron chi connectivity index (χ4n) is 1.80. The van der Waals surface area contributed by atoms with Crippen LogP contribution >= 0.6 is 0 Å². The van der Waals surface area contributed by atoms with Crippen molar-refractivity contribution in [3.63, 3.8) is 0 Å². The summed E-state index contributed by atoms with van der Waals surface area (Å²) in [6.45, 7) is 4.57. The Labute approximate surface area is 124 Å². The van der Waals surface area contributed by atoms with Gasteiger partial charge in [-0.25, -0.2) is 18.1 Å². The van der Waals surface area contributed by atoms with Crippen LogP contribution in [0.2, 0.25) is 0 Å². The van der Waals surface area contributed by atoms with E-state index in [2.05, 4.69) is 15.0 Å². The second kappa shape index (κ2) is 6.73. The van der Waals surface area contributed by atoms with Crippen molar-refractivity contribution in [1.29, 1.82) is 0 Å². The lowest BCUT2D eigenvalue weighted by Gasteiger charge is -2.07. The topological polar surface area (TPSA) is 84.2 Å². The lowest BCUT2D eigenvalue weighted by molar-refractivity contribution is 0.466. The Morgan fingerprint density at radius 2 is 1.90 bits per heavy atom. The molecule has 6 nitrogen and oxygen atoms in total. The summed E-state index contributed by atoms with van der Waals surface area (Å²) >= 11 is 0. The van der Waals surface area contributed by atoms with Gasteiger partial charge < -0.3 is 9.73 Å². The van der Waals surface area contributed by atoms with Crippen LogP contribution in [-0.2, 0) is 23.0 Å². The number of sulfonamides is 1. The molecule has 0 aliphatic rings. The molecule has 0 bridgehead atoms. The second-order valence-electron chi connectivity index (χ2n) is 4.45. The molecule has 1 aromatic heterocycles. The molecule has 0 aliphatic carbocycles. The van der Waals surface area contributed by atoms with Gasteiger partial charge in [0.1, 0.15) is 5.76 Å². The fraction of sp³-hybridized carbons (Fsp3) is 0.357. The number of hydrogen-bond donors (Lipinski definition) is 2. The van der Waals surface area contributed by atoms with Crippen molar-refractivity contribution in [2.24, 2.45) is 0 Å². The van der Waals surface area contributed by atoms with Crippen LogP contribution in [0.15, 0.2) is 39.8 Å². The van der Waals surface area contributed by atoms with E-state index >= 15 is 0 Å². The van der Waals surface area contributed by atoms with Crippen molar-refractivity contribution in [1.82, 2.24) is 9.71 Å². The van der Waals surface area contributed by atoms with E-state index in [-0.39, 0.29) is 4.90 Å². The number of oxazole rings is 1. The van der Waals surface area contributed by atoms with Gasteiger partial charge in [0.15, 0.2) is 0 Å². The number of hydrogen-bond acceptors (Lipinski definition) is 5. The number of nitrogens with zero attached hydrogens (tertiary/aromatic N) is 1. The summed E-state index contributed by atoms with van der Waals surface area (Å²) < 4.78 is 31.5. The highest BCUT2D eigenvalue weighted by molar-refractivity contribution is 7.89. The van der Waals surface area contributed by atoms with Crippen LogP contribution in [0.25, 0.3) is 0 Å². The lowest BCUT2D eigenvalue weighted by atomic mass is 10.3. The minimum atomic E-state index is -3.40. The summed E-state index contributed by atoms with van der Waals surface area (Å²) in [5.74, 6) is 1.45. The van der Waals surface area contributed by atoms with E-state index in [9.17, 15) is 8.42 Å². The van der Waals surface area contributed by atoms with Gasteiger partial charge in [0.2, 0.25) is 15.9 Å². The SMILES string of the molecule is CCNS(=O)(=O)c1ccc(NCc2ncc(CC)o2)cc1. The van der Waals surface area contributed by atoms with Crippen molar-refractivity contribution in [2.45, 2.75) is 31.7 Å². The molecule has 0 aliphatic heterocycles. The molecule has 0 amide bonds. The van der Waals surface area contributed by atoms with Crippen LogP contribution < -0.4 is 10.0 Å². The Morgan fingerprint density at radius 3 is 2.48 bits per heavy atom. The van der Waals surface area contributed by atoms with Crippen molar-refractivity contribution >= 4 is 15.7 Å². The third kappa shape index (κ3) is 4.05. The third-order valence-electron chi connectivity index (χ3n) is 2.89. The maximum atomic E-state index is 11.8. The molecule has 2 rings (SSSR count). The van der Waals surface area contributed by atoms with E-state index in [0.717, 1.165) is 17.9 Å². The lowest BCUT2D eigenvalue weighted by Crippen LogP contribution is -2.23. The highest BCUT2D eigenvalue weighted by atomic mass is 32.2. The molecule has 0 spiro atoms. The van der Waals surface area contributed by atoms with Crippen LogP contribution in [0, 0.1) is 0 Å². The van der Waals surface area contributed by atoms with E-state index in [1.807, 2.05) is 6.92 Å². The van der Waals surface area contributed by atoms with Gasteiger partial charge >= 0.3 is 0 Å². The molecule has 0 atom stereocenters. The predicted octanol–water partition coefficient (Wildman–Crippen LogP) is 2.15. The largest absolute Gasteiger partial charge is 0.444 e. The molecule has 2 N–H and O–H groups in total. The van der Waals surface area contributed by atoms with Crippen molar-refractivity contribution in [2.75, 3.05) is 11.9 Å². The van der Waals surface area contributed by atoms with Crippen LogP contribution in [0.3, 0.4) is 0 Å². The predicted molar refractivity (Wildman–Crippen MR) is 80.5 cm³/mol. The Bertz CT molecular complexity index is 678. The summed E-state index contributed by atoms with van der Waals surface area (Å²) in [6, 6.07) is 6.56. The Morgan fingerprint density at radius 1 is 1.19 bits per heavy atom.